The van der Waals surface area contributed by atoms with Crippen molar-refractivity contribution in [1.29, 1.82) is 0 Å². The molecular formula is C51H42BNO3. The summed E-state index contributed by atoms with van der Waals surface area (Å²) in [5.74, 6) is -0.503. The highest BCUT2D eigenvalue weighted by Crippen LogP contribution is 2.52. The van der Waals surface area contributed by atoms with Crippen molar-refractivity contribution in [2.75, 3.05) is 11.5 Å². The van der Waals surface area contributed by atoms with Gasteiger partial charge in [0.1, 0.15) is 5.68 Å². The zero-order valence-electron chi connectivity index (χ0n) is 31.9. The first kappa shape index (κ1) is 36.5. The van der Waals surface area contributed by atoms with E-state index >= 15 is 0 Å². The Bertz CT molecular complexity index is 2540. The van der Waals surface area contributed by atoms with E-state index in [0.29, 0.717) is 22.3 Å². The van der Waals surface area contributed by atoms with Crippen molar-refractivity contribution in [1.82, 2.24) is 0 Å². The van der Waals surface area contributed by atoms with E-state index in [1.807, 2.05) is 66.8 Å². The van der Waals surface area contributed by atoms with Crippen molar-refractivity contribution < 1.29 is 14.3 Å². The maximum atomic E-state index is 13.7. The molecule has 0 fully saturated rings. The fraction of sp³-hybridized carbons (Fsp3) is 0.137. The van der Waals surface area contributed by atoms with E-state index in [1.54, 1.807) is 19.1 Å². The molecular weight excluding hydrogens is 685 g/mol. The molecule has 2 aliphatic rings. The minimum Gasteiger partial charge on any atom is -0.462 e. The quantitative estimate of drug-likeness (QED) is 0.104. The summed E-state index contributed by atoms with van der Waals surface area (Å²) in [6.07, 6.45) is 11.1. The van der Waals surface area contributed by atoms with Crippen LogP contribution < -0.4 is 4.90 Å². The minimum atomic E-state index is -0.583. The van der Waals surface area contributed by atoms with Crippen molar-refractivity contribution in [3.63, 3.8) is 0 Å². The lowest BCUT2D eigenvalue weighted by molar-refractivity contribution is 0.0526. The Morgan fingerprint density at radius 3 is 2.02 bits per heavy atom. The Kier molecular flexibility index (Phi) is 10.0. The SMILES string of the molecule is [B]C(=O)c1cc(C2=CC(c3ccccc3)C=CC=C2)c(C(=O)OCC)cc1-c1ccc(N(c2ccccc2)c2ccc3c(c2)C(C)(CC)c2ccccc2-3)cc1. The second-order valence-electron chi connectivity index (χ2n) is 14.5. The number of carbonyl (C=O) groups excluding carboxylic acids is 2. The first-order valence-electron chi connectivity index (χ1n) is 19.3. The van der Waals surface area contributed by atoms with Gasteiger partial charge in [-0.05, 0) is 112 Å². The molecule has 4 nitrogen and oxygen atoms in total. The van der Waals surface area contributed by atoms with Crippen LogP contribution in [-0.2, 0) is 10.2 Å². The van der Waals surface area contributed by atoms with Crippen LogP contribution in [0.4, 0.5) is 17.1 Å². The van der Waals surface area contributed by atoms with Gasteiger partial charge in [-0.15, -0.1) is 0 Å². The van der Waals surface area contributed by atoms with E-state index in [0.717, 1.165) is 40.2 Å². The topological polar surface area (TPSA) is 46.6 Å². The number of fused-ring (bicyclic) bond motifs is 3. The predicted molar refractivity (Wildman–Crippen MR) is 230 cm³/mol. The van der Waals surface area contributed by atoms with Gasteiger partial charge in [0.05, 0.1) is 12.2 Å². The highest BCUT2D eigenvalue weighted by molar-refractivity contribution is 6.63. The molecule has 0 bridgehead atoms. The Morgan fingerprint density at radius 2 is 1.30 bits per heavy atom. The van der Waals surface area contributed by atoms with E-state index in [1.165, 1.54) is 22.3 Å². The number of anilines is 3. The zero-order valence-corrected chi connectivity index (χ0v) is 31.9. The Morgan fingerprint density at radius 1 is 0.661 bits per heavy atom. The van der Waals surface area contributed by atoms with Crippen molar-refractivity contribution in [2.24, 2.45) is 0 Å². The van der Waals surface area contributed by atoms with Gasteiger partial charge in [-0.3, -0.25) is 0 Å². The van der Waals surface area contributed by atoms with Crippen LogP contribution in [0, 0.1) is 0 Å². The smallest absolute Gasteiger partial charge is 0.338 e. The van der Waals surface area contributed by atoms with Gasteiger partial charge in [0, 0.05) is 34.0 Å². The van der Waals surface area contributed by atoms with E-state index in [4.69, 9.17) is 12.6 Å². The van der Waals surface area contributed by atoms with Gasteiger partial charge in [0.2, 0.25) is 0 Å². The van der Waals surface area contributed by atoms with Crippen molar-refractivity contribution >= 4 is 42.1 Å². The molecule has 0 N–H and O–H groups in total. The van der Waals surface area contributed by atoms with Crippen LogP contribution in [0.2, 0.25) is 0 Å². The van der Waals surface area contributed by atoms with E-state index < -0.39 is 11.7 Å². The molecule has 0 spiro atoms. The minimum absolute atomic E-state index is 0.0373. The second-order valence-corrected chi connectivity index (χ2v) is 14.5. The standard InChI is InChI=1S/C51H42BNO3/c1-4-51(3)47-23-15-14-22-41(47)42-29-28-40(31-48(42)51)53(38-20-10-7-11-21-38)39-26-24-35(25-27-39)43-33-46(50(55)56-5-2)44(32-45(43)49(52)54)37-19-13-12-18-36(30-37)34-16-8-6-9-17-34/h6-33,36H,4-5H2,1-3H3. The van der Waals surface area contributed by atoms with Gasteiger partial charge >= 0.3 is 5.97 Å². The number of carbonyl (C=O) groups is 2. The van der Waals surface area contributed by atoms with Crippen LogP contribution in [0.5, 0.6) is 0 Å². The van der Waals surface area contributed by atoms with Crippen LogP contribution in [-0.4, -0.2) is 26.1 Å². The first-order chi connectivity index (χ1) is 27.3. The molecule has 6 aromatic carbocycles. The average Bonchev–Trinajstić information content (AvgIpc) is 3.35. The number of benzene rings is 6. The van der Waals surface area contributed by atoms with E-state index in [2.05, 4.69) is 110 Å². The summed E-state index contributed by atoms with van der Waals surface area (Å²) in [6.45, 7) is 6.60. The van der Waals surface area contributed by atoms with Gasteiger partial charge in [-0.25, -0.2) is 4.79 Å². The second kappa shape index (κ2) is 15.4. The van der Waals surface area contributed by atoms with Crippen LogP contribution in [0.25, 0.3) is 27.8 Å². The Balaban J connectivity index is 1.22. The summed E-state index contributed by atoms with van der Waals surface area (Å²) in [5.41, 5.74) is 12.1. The van der Waals surface area contributed by atoms with Crippen LogP contribution in [0.3, 0.4) is 0 Å². The lowest BCUT2D eigenvalue weighted by atomic mass is 9.78. The molecule has 2 aliphatic carbocycles. The first-order valence-corrected chi connectivity index (χ1v) is 19.3. The monoisotopic (exact) mass is 727 g/mol. The number of ether oxygens (including phenoxy) is 1. The molecule has 0 saturated heterocycles. The normalized spacial score (nSPS) is 16.7. The zero-order chi connectivity index (χ0) is 38.8. The van der Waals surface area contributed by atoms with Gasteiger partial charge in [-0.1, -0.05) is 135 Å². The largest absolute Gasteiger partial charge is 0.462 e. The van der Waals surface area contributed by atoms with Crippen LogP contribution in [0.1, 0.15) is 76.1 Å². The summed E-state index contributed by atoms with van der Waals surface area (Å²) in [6, 6.07) is 47.6. The van der Waals surface area contributed by atoms with Gasteiger partial charge < -0.3 is 14.4 Å². The molecule has 56 heavy (non-hydrogen) atoms. The fourth-order valence-electron chi connectivity index (χ4n) is 8.27. The van der Waals surface area contributed by atoms with Crippen molar-refractivity contribution in [2.45, 2.75) is 38.5 Å². The molecule has 0 aromatic heterocycles. The maximum absolute atomic E-state index is 13.7. The summed E-state index contributed by atoms with van der Waals surface area (Å²) in [4.78, 5) is 29.2. The van der Waals surface area contributed by atoms with Gasteiger partial charge in [-0.2, -0.15) is 0 Å². The lowest BCUT2D eigenvalue weighted by Crippen LogP contribution is -2.20. The number of esters is 1. The van der Waals surface area contributed by atoms with Crippen LogP contribution >= 0.6 is 0 Å². The number of hydrogen-bond acceptors (Lipinski definition) is 4. The average molecular weight is 728 g/mol. The third-order valence-electron chi connectivity index (χ3n) is 11.3. The Hall–Kier alpha value is -6.46. The highest BCUT2D eigenvalue weighted by Gasteiger charge is 2.38. The molecule has 272 valence electrons. The van der Waals surface area contributed by atoms with Crippen molar-refractivity contribution in [3.8, 4) is 22.3 Å². The molecule has 2 radical (unpaired) electrons. The molecule has 0 aliphatic heterocycles. The summed E-state index contributed by atoms with van der Waals surface area (Å²) in [7, 11) is 6.11. The van der Waals surface area contributed by atoms with Gasteiger partial charge in [0.15, 0.2) is 7.85 Å². The number of rotatable bonds is 10. The molecule has 8 rings (SSSR count). The molecule has 2 atom stereocenters. The molecule has 0 heterocycles. The van der Waals surface area contributed by atoms with Crippen LogP contribution in [0.15, 0.2) is 170 Å². The molecule has 5 heteroatoms. The predicted octanol–water partition coefficient (Wildman–Crippen LogP) is 12.3. The highest BCUT2D eigenvalue weighted by atomic mass is 16.5. The third-order valence-corrected chi connectivity index (χ3v) is 11.3. The van der Waals surface area contributed by atoms with Crippen molar-refractivity contribution in [3.05, 3.63) is 203 Å². The molecule has 0 amide bonds. The molecule has 6 aromatic rings. The summed E-state index contributed by atoms with van der Waals surface area (Å²) >= 11 is 0. The number of hydrogen-bond donors (Lipinski definition) is 0. The summed E-state index contributed by atoms with van der Waals surface area (Å²) in [5, 5.41) is 0. The van der Waals surface area contributed by atoms with E-state index in [-0.39, 0.29) is 17.9 Å². The molecule has 2 unspecified atom stereocenters. The number of allylic oxidation sites excluding steroid dienone is 6. The number of nitrogens with zero attached hydrogens (tertiary/aromatic N) is 1. The third kappa shape index (κ3) is 6.64. The lowest BCUT2D eigenvalue weighted by Gasteiger charge is -2.29. The maximum Gasteiger partial charge on any atom is 0.338 e. The van der Waals surface area contributed by atoms with E-state index in [9.17, 15) is 9.59 Å². The fourth-order valence-corrected chi connectivity index (χ4v) is 8.27. The Labute approximate surface area is 330 Å². The van der Waals surface area contributed by atoms with Gasteiger partial charge in [0.25, 0.3) is 0 Å². The summed E-state index contributed by atoms with van der Waals surface area (Å²) < 4.78 is 5.59. The number of para-hydroxylation sites is 1. The molecule has 0 saturated carbocycles.